The number of phenolic OH excluding ortho intramolecular Hbond substituents is 1. The number of piperidine rings is 1. The highest BCUT2D eigenvalue weighted by Crippen LogP contribution is 2.39. The van der Waals surface area contributed by atoms with E-state index in [0.717, 1.165) is 35.3 Å². The smallest absolute Gasteiger partial charge is 0.322 e. The number of urea groups is 1. The number of hydrogen-bond acceptors (Lipinski definition) is 7. The molecule has 0 radical (unpaired) electrons. The number of imide groups is 1. The van der Waals surface area contributed by atoms with E-state index in [1.54, 1.807) is 40.3 Å². The first-order valence-electron chi connectivity index (χ1n) is 10.3. The van der Waals surface area contributed by atoms with E-state index in [4.69, 9.17) is 0 Å². The number of hydrogen-bond donors (Lipinski definition) is 3. The quantitative estimate of drug-likeness (QED) is 0.400. The van der Waals surface area contributed by atoms with Gasteiger partial charge in [0.25, 0.3) is 11.8 Å². The third-order valence-corrected chi connectivity index (χ3v) is 9.13. The van der Waals surface area contributed by atoms with Gasteiger partial charge in [0, 0.05) is 25.2 Å². The normalized spacial score (nSPS) is 24.0. The van der Waals surface area contributed by atoms with E-state index in [1.165, 1.54) is 10.3 Å². The topological polar surface area (TPSA) is 102 Å². The molecule has 3 aliphatic rings. The van der Waals surface area contributed by atoms with Gasteiger partial charge >= 0.3 is 6.03 Å². The lowest BCUT2D eigenvalue weighted by atomic mass is 9.77. The molecule has 0 bridgehead atoms. The highest BCUT2D eigenvalue weighted by atomic mass is 79.9. The van der Waals surface area contributed by atoms with Gasteiger partial charge in [-0.2, -0.15) is 0 Å². The van der Waals surface area contributed by atoms with E-state index < -0.39 is 11.6 Å². The molecule has 32 heavy (non-hydrogen) atoms. The molecule has 4 amide bonds. The number of carbonyl (C=O) groups excluding carboxylic acids is 3. The number of halogens is 1. The molecule has 11 heteroatoms. The highest BCUT2D eigenvalue weighted by Gasteiger charge is 2.54. The maximum absolute atomic E-state index is 13.0. The Balaban J connectivity index is 1.32. The Morgan fingerprint density at radius 1 is 1.19 bits per heavy atom. The van der Waals surface area contributed by atoms with E-state index in [2.05, 4.69) is 36.9 Å². The fourth-order valence-electron chi connectivity index (χ4n) is 4.74. The van der Waals surface area contributed by atoms with Crippen molar-refractivity contribution in [2.24, 2.45) is 5.92 Å². The predicted molar refractivity (Wildman–Crippen MR) is 124 cm³/mol. The first-order chi connectivity index (χ1) is 15.3. The molecule has 2 saturated heterocycles. The molecule has 2 aromatic rings. The molecule has 1 atom stereocenters. The van der Waals surface area contributed by atoms with Gasteiger partial charge in [-0.1, -0.05) is 0 Å². The van der Waals surface area contributed by atoms with E-state index in [1.807, 2.05) is 6.07 Å². The molecule has 0 saturated carbocycles. The number of rotatable bonds is 5. The third-order valence-electron chi connectivity index (χ3n) is 6.30. The second-order valence-electron chi connectivity index (χ2n) is 8.24. The van der Waals surface area contributed by atoms with Crippen LogP contribution in [-0.4, -0.2) is 57.3 Å². The monoisotopic (exact) mass is 536 g/mol. The Morgan fingerprint density at radius 2 is 1.97 bits per heavy atom. The van der Waals surface area contributed by atoms with Gasteiger partial charge in [0.15, 0.2) is 0 Å². The van der Waals surface area contributed by atoms with Crippen LogP contribution in [0.25, 0.3) is 0 Å². The Bertz CT molecular complexity index is 1100. The standard InChI is InChI=1S/C21H21BrN4O4S2/c22-16-3-4-17(31-16)32-26-7-5-13(6-8-26)21(19(29)23-20(30)24-21)11-25-10-12-9-14(27)1-2-15(12)18(25)28/h1-4,9,13,27H,5-8,10-11H2,(H2,23,24,29,30). The van der Waals surface area contributed by atoms with Crippen LogP contribution in [0, 0.1) is 5.92 Å². The van der Waals surface area contributed by atoms with E-state index in [9.17, 15) is 19.5 Å². The van der Waals surface area contributed by atoms with Crippen LogP contribution in [-0.2, 0) is 11.3 Å². The van der Waals surface area contributed by atoms with Gasteiger partial charge in [-0.15, -0.1) is 11.3 Å². The van der Waals surface area contributed by atoms with Crippen molar-refractivity contribution < 1.29 is 19.5 Å². The van der Waals surface area contributed by atoms with Crippen molar-refractivity contribution in [2.45, 2.75) is 29.1 Å². The maximum Gasteiger partial charge on any atom is 0.322 e. The molecule has 2 fully saturated rings. The predicted octanol–water partition coefficient (Wildman–Crippen LogP) is 3.17. The highest BCUT2D eigenvalue weighted by molar-refractivity contribution is 9.11. The van der Waals surface area contributed by atoms with Crippen molar-refractivity contribution in [3.8, 4) is 5.75 Å². The van der Waals surface area contributed by atoms with Crippen molar-refractivity contribution in [3.63, 3.8) is 0 Å². The van der Waals surface area contributed by atoms with E-state index in [-0.39, 0.29) is 30.0 Å². The van der Waals surface area contributed by atoms with Gasteiger partial charge in [0.05, 0.1) is 14.5 Å². The van der Waals surface area contributed by atoms with E-state index >= 15 is 0 Å². The Kier molecular flexibility index (Phi) is 5.68. The van der Waals surface area contributed by atoms with Crippen LogP contribution in [0.15, 0.2) is 38.3 Å². The second-order valence-corrected chi connectivity index (χ2v) is 12.1. The summed E-state index contributed by atoms with van der Waals surface area (Å²) in [6, 6.07) is 8.25. The molecule has 4 heterocycles. The van der Waals surface area contributed by atoms with Crippen LogP contribution in [0.1, 0.15) is 28.8 Å². The summed E-state index contributed by atoms with van der Waals surface area (Å²) < 4.78 is 4.56. The number of fused-ring (bicyclic) bond motifs is 1. The molecule has 8 nitrogen and oxygen atoms in total. The Morgan fingerprint density at radius 3 is 2.62 bits per heavy atom. The van der Waals surface area contributed by atoms with Crippen LogP contribution in [0.3, 0.4) is 0 Å². The van der Waals surface area contributed by atoms with Gasteiger partial charge in [-0.25, -0.2) is 9.10 Å². The van der Waals surface area contributed by atoms with Crippen molar-refractivity contribution in [1.29, 1.82) is 0 Å². The fraction of sp³-hybridized carbons (Fsp3) is 0.381. The summed E-state index contributed by atoms with van der Waals surface area (Å²) in [4.78, 5) is 39.7. The van der Waals surface area contributed by atoms with Gasteiger partial charge < -0.3 is 15.3 Å². The maximum atomic E-state index is 13.0. The van der Waals surface area contributed by atoms with Gasteiger partial charge in [-0.3, -0.25) is 14.9 Å². The van der Waals surface area contributed by atoms with Crippen molar-refractivity contribution in [1.82, 2.24) is 19.8 Å². The molecule has 1 unspecified atom stereocenters. The summed E-state index contributed by atoms with van der Waals surface area (Å²) in [6.45, 7) is 1.96. The molecule has 3 N–H and O–H groups in total. The summed E-state index contributed by atoms with van der Waals surface area (Å²) in [5, 5.41) is 15.0. The summed E-state index contributed by atoms with van der Waals surface area (Å²) in [6.07, 6.45) is 1.45. The SMILES string of the molecule is O=C1NC(=O)C(CN2Cc3cc(O)ccc3C2=O)(C2CCN(Sc3ccc(Br)s3)CC2)N1. The zero-order valence-corrected chi connectivity index (χ0v) is 20.2. The van der Waals surface area contributed by atoms with Gasteiger partial charge in [0.1, 0.15) is 11.3 Å². The number of benzene rings is 1. The zero-order valence-electron chi connectivity index (χ0n) is 17.0. The molecular formula is C21H21BrN4O4S2. The first-order valence-corrected chi connectivity index (χ1v) is 12.7. The number of phenols is 1. The minimum Gasteiger partial charge on any atom is -0.508 e. The number of nitrogens with zero attached hydrogens (tertiary/aromatic N) is 2. The Hall–Kier alpha value is -2.08. The molecule has 5 rings (SSSR count). The van der Waals surface area contributed by atoms with Crippen molar-refractivity contribution >= 4 is 57.1 Å². The van der Waals surface area contributed by atoms with Gasteiger partial charge in [-0.05, 0) is 82.5 Å². The lowest BCUT2D eigenvalue weighted by molar-refractivity contribution is -0.127. The van der Waals surface area contributed by atoms with Crippen molar-refractivity contribution in [3.05, 3.63) is 45.2 Å². The van der Waals surface area contributed by atoms with E-state index in [0.29, 0.717) is 12.1 Å². The van der Waals surface area contributed by atoms with Crippen molar-refractivity contribution in [2.75, 3.05) is 19.6 Å². The molecule has 0 aliphatic carbocycles. The number of amides is 4. The molecule has 3 aliphatic heterocycles. The summed E-state index contributed by atoms with van der Waals surface area (Å²) >= 11 is 6.87. The first kappa shape index (κ1) is 21.7. The average molecular weight is 537 g/mol. The van der Waals surface area contributed by atoms with Crippen LogP contribution < -0.4 is 10.6 Å². The van der Waals surface area contributed by atoms with Crippen LogP contribution in [0.4, 0.5) is 4.79 Å². The molecule has 0 spiro atoms. The fourth-order valence-corrected chi connectivity index (χ4v) is 7.70. The molecular weight excluding hydrogens is 516 g/mol. The number of thiophene rings is 1. The number of carbonyl (C=O) groups is 3. The number of nitrogens with one attached hydrogen (secondary N) is 2. The second kappa shape index (κ2) is 8.36. The molecule has 1 aromatic carbocycles. The Labute approximate surface area is 201 Å². The minimum absolute atomic E-state index is 0.0919. The summed E-state index contributed by atoms with van der Waals surface area (Å²) in [5.41, 5.74) is 0.0961. The molecule has 1 aromatic heterocycles. The average Bonchev–Trinajstić information content (AvgIpc) is 3.39. The minimum atomic E-state index is -1.15. The summed E-state index contributed by atoms with van der Waals surface area (Å²) in [5.74, 6) is -0.555. The van der Waals surface area contributed by atoms with Gasteiger partial charge in [0.2, 0.25) is 0 Å². The lowest BCUT2D eigenvalue weighted by Crippen LogP contribution is -2.61. The van der Waals surface area contributed by atoms with Crippen LogP contribution in [0.2, 0.25) is 0 Å². The lowest BCUT2D eigenvalue weighted by Gasteiger charge is -2.41. The largest absolute Gasteiger partial charge is 0.508 e. The van der Waals surface area contributed by atoms with Crippen LogP contribution >= 0.6 is 39.2 Å². The zero-order chi connectivity index (χ0) is 22.5. The third kappa shape index (κ3) is 3.91. The molecule has 168 valence electrons. The number of aromatic hydroxyl groups is 1. The van der Waals surface area contributed by atoms with Crippen LogP contribution in [0.5, 0.6) is 5.75 Å². The summed E-state index contributed by atoms with van der Waals surface area (Å²) in [7, 11) is 0.